The summed E-state index contributed by atoms with van der Waals surface area (Å²) in [5.74, 6) is -0.306. The van der Waals surface area contributed by atoms with E-state index in [1.807, 2.05) is 43.3 Å². The third-order valence-electron chi connectivity index (χ3n) is 6.78. The van der Waals surface area contributed by atoms with Gasteiger partial charge in [-0.2, -0.15) is 9.40 Å². The van der Waals surface area contributed by atoms with Gasteiger partial charge in [0.25, 0.3) is 15.9 Å². The number of anilines is 1. The first-order chi connectivity index (χ1) is 16.7. The van der Waals surface area contributed by atoms with Gasteiger partial charge in [-0.3, -0.25) is 9.48 Å². The van der Waals surface area contributed by atoms with Crippen LogP contribution >= 0.6 is 11.6 Å². The first kappa shape index (κ1) is 23.8. The lowest BCUT2D eigenvalue weighted by Crippen LogP contribution is -2.49. The zero-order chi connectivity index (χ0) is 24.7. The Morgan fingerprint density at radius 2 is 1.71 bits per heavy atom. The van der Waals surface area contributed by atoms with Crippen molar-refractivity contribution in [1.29, 1.82) is 0 Å². The molecule has 0 saturated carbocycles. The van der Waals surface area contributed by atoms with Crippen LogP contribution in [0.25, 0.3) is 0 Å². The zero-order valence-electron chi connectivity index (χ0n) is 19.8. The predicted molar refractivity (Wildman–Crippen MR) is 135 cm³/mol. The first-order valence-electron chi connectivity index (χ1n) is 11.6. The maximum Gasteiger partial charge on any atom is 0.263 e. The van der Waals surface area contributed by atoms with E-state index in [-0.39, 0.29) is 16.5 Å². The highest BCUT2D eigenvalue weighted by atomic mass is 35.5. The van der Waals surface area contributed by atoms with Crippen molar-refractivity contribution in [2.45, 2.75) is 24.9 Å². The summed E-state index contributed by atoms with van der Waals surface area (Å²) in [6.45, 7) is 4.67. The molecule has 184 valence electrons. The Kier molecular flexibility index (Phi) is 6.33. The monoisotopic (exact) mass is 513 g/mol. The van der Waals surface area contributed by atoms with Crippen molar-refractivity contribution in [2.75, 3.05) is 37.6 Å². The topological polar surface area (TPSA) is 78.8 Å². The van der Waals surface area contributed by atoms with Gasteiger partial charge >= 0.3 is 0 Å². The van der Waals surface area contributed by atoms with Crippen LogP contribution in [0.15, 0.2) is 53.7 Å². The quantitative estimate of drug-likeness (QED) is 0.535. The van der Waals surface area contributed by atoms with Crippen LogP contribution in [0.3, 0.4) is 0 Å². The molecule has 3 aromatic rings. The van der Waals surface area contributed by atoms with Crippen LogP contribution in [0.1, 0.15) is 27.0 Å². The Morgan fingerprint density at radius 1 is 1.00 bits per heavy atom. The molecule has 10 heteroatoms. The molecule has 5 rings (SSSR count). The van der Waals surface area contributed by atoms with E-state index in [4.69, 9.17) is 11.6 Å². The summed E-state index contributed by atoms with van der Waals surface area (Å²) in [6.07, 6.45) is 2.26. The maximum atomic E-state index is 13.6. The van der Waals surface area contributed by atoms with Crippen molar-refractivity contribution in [3.05, 3.63) is 75.9 Å². The van der Waals surface area contributed by atoms with Gasteiger partial charge in [-0.25, -0.2) is 8.42 Å². The fraction of sp³-hybridized carbons (Fsp3) is 0.360. The second-order valence-corrected chi connectivity index (χ2v) is 11.4. The lowest BCUT2D eigenvalue weighted by Gasteiger charge is -2.36. The van der Waals surface area contributed by atoms with E-state index >= 15 is 0 Å². The number of carbonyl (C=O) groups excluding carboxylic acids is 1. The number of aryl methyl sites for hydroxylation is 2. The summed E-state index contributed by atoms with van der Waals surface area (Å²) in [7, 11) is -2.30. The van der Waals surface area contributed by atoms with Gasteiger partial charge in [0, 0.05) is 63.2 Å². The second kappa shape index (κ2) is 9.29. The molecule has 3 heterocycles. The summed E-state index contributed by atoms with van der Waals surface area (Å²) < 4.78 is 30.1. The SMILES string of the molecule is Cc1ccc(Cl)cc1N1CCN(S(=O)(=O)c2nn(C)cc2C(=O)N2CCc3ccccc3C2)CC1. The fourth-order valence-electron chi connectivity index (χ4n) is 4.86. The molecule has 0 unspecified atom stereocenters. The third-order valence-corrected chi connectivity index (χ3v) is 8.85. The minimum atomic E-state index is -3.94. The van der Waals surface area contributed by atoms with Gasteiger partial charge in [-0.1, -0.05) is 41.9 Å². The lowest BCUT2D eigenvalue weighted by atomic mass is 9.99. The van der Waals surface area contributed by atoms with Crippen molar-refractivity contribution in [1.82, 2.24) is 19.0 Å². The van der Waals surface area contributed by atoms with E-state index < -0.39 is 10.0 Å². The Morgan fingerprint density at radius 3 is 2.46 bits per heavy atom. The molecule has 2 aliphatic rings. The number of carbonyl (C=O) groups is 1. The molecule has 0 spiro atoms. The third kappa shape index (κ3) is 4.55. The van der Waals surface area contributed by atoms with Crippen LogP contribution in [0.4, 0.5) is 5.69 Å². The molecule has 0 atom stereocenters. The number of benzene rings is 2. The van der Waals surface area contributed by atoms with Crippen LogP contribution in [-0.4, -0.2) is 66.0 Å². The van der Waals surface area contributed by atoms with Crippen LogP contribution < -0.4 is 4.90 Å². The smallest absolute Gasteiger partial charge is 0.263 e. The number of fused-ring (bicyclic) bond motifs is 1. The normalized spacial score (nSPS) is 16.9. The van der Waals surface area contributed by atoms with Gasteiger partial charge in [-0.05, 0) is 42.2 Å². The standard InChI is InChI=1S/C25H28ClN5O3S/c1-18-7-8-21(26)15-23(18)29-11-13-31(14-12-29)35(33,34)24-22(17-28(2)27-24)25(32)30-10-9-19-5-3-4-6-20(19)16-30/h3-8,15,17H,9-14,16H2,1-2H3. The van der Waals surface area contributed by atoms with Gasteiger partial charge in [-0.15, -0.1) is 0 Å². The van der Waals surface area contributed by atoms with Crippen LogP contribution in [0, 0.1) is 6.92 Å². The largest absolute Gasteiger partial charge is 0.369 e. The summed E-state index contributed by atoms with van der Waals surface area (Å²) >= 11 is 6.18. The van der Waals surface area contributed by atoms with Crippen molar-refractivity contribution in [3.63, 3.8) is 0 Å². The molecule has 1 saturated heterocycles. The van der Waals surface area contributed by atoms with Crippen molar-refractivity contribution >= 4 is 33.2 Å². The summed E-state index contributed by atoms with van der Waals surface area (Å²) in [6, 6.07) is 13.8. The van der Waals surface area contributed by atoms with Crippen molar-refractivity contribution < 1.29 is 13.2 Å². The van der Waals surface area contributed by atoms with Crippen LogP contribution in [0.2, 0.25) is 5.02 Å². The number of halogens is 1. The molecule has 0 bridgehead atoms. The highest BCUT2D eigenvalue weighted by Gasteiger charge is 2.36. The minimum absolute atomic E-state index is 0.125. The van der Waals surface area contributed by atoms with E-state index in [2.05, 4.69) is 16.1 Å². The fourth-order valence-corrected chi connectivity index (χ4v) is 6.56. The van der Waals surface area contributed by atoms with E-state index in [0.29, 0.717) is 44.3 Å². The summed E-state index contributed by atoms with van der Waals surface area (Å²) in [5, 5.41) is 4.71. The minimum Gasteiger partial charge on any atom is -0.369 e. The Hall–Kier alpha value is -2.88. The molecular formula is C25H28ClN5O3S. The number of piperazine rings is 1. The number of rotatable bonds is 4. The molecule has 1 amide bonds. The molecular weight excluding hydrogens is 486 g/mol. The Balaban J connectivity index is 1.35. The van der Waals surface area contributed by atoms with Crippen molar-refractivity contribution in [3.8, 4) is 0 Å². The molecule has 8 nitrogen and oxygen atoms in total. The number of sulfonamides is 1. The van der Waals surface area contributed by atoms with Gasteiger partial charge < -0.3 is 9.80 Å². The van der Waals surface area contributed by atoms with Crippen LogP contribution in [-0.2, 0) is 30.0 Å². The first-order valence-corrected chi connectivity index (χ1v) is 13.5. The number of aromatic nitrogens is 2. The average molecular weight is 514 g/mol. The van der Waals surface area contributed by atoms with Gasteiger partial charge in [0.2, 0.25) is 5.03 Å². The number of nitrogens with zero attached hydrogens (tertiary/aromatic N) is 5. The molecule has 2 aliphatic heterocycles. The molecule has 0 aliphatic carbocycles. The molecule has 0 N–H and O–H groups in total. The average Bonchev–Trinajstić information content (AvgIpc) is 3.27. The molecule has 35 heavy (non-hydrogen) atoms. The number of amides is 1. The Bertz CT molecular complexity index is 1380. The van der Waals surface area contributed by atoms with Gasteiger partial charge in [0.05, 0.1) is 5.56 Å². The van der Waals surface area contributed by atoms with Gasteiger partial charge in [0.15, 0.2) is 0 Å². The van der Waals surface area contributed by atoms with Crippen molar-refractivity contribution in [2.24, 2.45) is 7.05 Å². The maximum absolute atomic E-state index is 13.6. The summed E-state index contributed by atoms with van der Waals surface area (Å²) in [5.41, 5.74) is 4.54. The second-order valence-electron chi connectivity index (χ2n) is 9.09. The zero-order valence-corrected chi connectivity index (χ0v) is 21.4. The molecule has 0 radical (unpaired) electrons. The van der Waals surface area contributed by atoms with E-state index in [1.165, 1.54) is 20.7 Å². The summed E-state index contributed by atoms with van der Waals surface area (Å²) in [4.78, 5) is 17.3. The van der Waals surface area contributed by atoms with E-state index in [0.717, 1.165) is 23.2 Å². The lowest BCUT2D eigenvalue weighted by molar-refractivity contribution is 0.0730. The highest BCUT2D eigenvalue weighted by molar-refractivity contribution is 7.89. The Labute approximate surface area is 210 Å². The van der Waals surface area contributed by atoms with E-state index in [9.17, 15) is 13.2 Å². The van der Waals surface area contributed by atoms with Gasteiger partial charge in [0.1, 0.15) is 0 Å². The van der Waals surface area contributed by atoms with E-state index in [1.54, 1.807) is 11.9 Å². The van der Waals surface area contributed by atoms with Crippen LogP contribution in [0.5, 0.6) is 0 Å². The number of hydrogen-bond acceptors (Lipinski definition) is 5. The molecule has 1 fully saturated rings. The molecule has 2 aromatic carbocycles. The highest BCUT2D eigenvalue weighted by Crippen LogP contribution is 2.28. The predicted octanol–water partition coefficient (Wildman–Crippen LogP) is 3.09. The molecule has 1 aromatic heterocycles. The number of hydrogen-bond donors (Lipinski definition) is 0.